The molecule has 0 spiro atoms. The van der Waals surface area contributed by atoms with Crippen LogP contribution in [0.1, 0.15) is 36.6 Å². The van der Waals surface area contributed by atoms with Gasteiger partial charge in [0.1, 0.15) is 19.2 Å². The lowest BCUT2D eigenvalue weighted by Crippen LogP contribution is -2.32. The lowest BCUT2D eigenvalue weighted by atomic mass is 9.96. The molecule has 1 heterocycles. The molecule has 5 nitrogen and oxygen atoms in total. The molecule has 0 bridgehead atoms. The number of aliphatic imine (C=N–C) groups is 1. The molecule has 6 heteroatoms. The predicted molar refractivity (Wildman–Crippen MR) is 103 cm³/mol. The van der Waals surface area contributed by atoms with Gasteiger partial charge in [-0.1, -0.05) is 18.2 Å². The summed E-state index contributed by atoms with van der Waals surface area (Å²) in [4.78, 5) is 18.6. The summed E-state index contributed by atoms with van der Waals surface area (Å²) in [6.07, 6.45) is -0.217. The fourth-order valence-electron chi connectivity index (χ4n) is 3.18. The van der Waals surface area contributed by atoms with Gasteiger partial charge in [-0.3, -0.25) is 9.79 Å². The van der Waals surface area contributed by atoms with Crippen molar-refractivity contribution in [3.63, 3.8) is 0 Å². The highest BCUT2D eigenvalue weighted by molar-refractivity contribution is 6.19. The fraction of sp³-hybridized carbons (Fsp3) is 0.333. The molecular weight excluding hydrogens is 347 g/mol. The van der Waals surface area contributed by atoms with Gasteiger partial charge in [0.05, 0.1) is 17.5 Å². The van der Waals surface area contributed by atoms with Gasteiger partial charge in [-0.05, 0) is 43.7 Å². The molecule has 142 valence electrons. The molecule has 0 saturated carbocycles. The van der Waals surface area contributed by atoms with E-state index in [0.717, 1.165) is 16.8 Å². The summed E-state index contributed by atoms with van der Waals surface area (Å²) in [5.74, 6) is -0.477. The van der Waals surface area contributed by atoms with Crippen LogP contribution in [0.15, 0.2) is 47.5 Å². The number of benzodiazepines with no additional fused rings is 1. The molecule has 2 aromatic carbocycles. The van der Waals surface area contributed by atoms with E-state index in [1.54, 1.807) is 30.2 Å². The van der Waals surface area contributed by atoms with Crippen LogP contribution in [0.4, 0.5) is 10.1 Å². The number of hydrogen-bond donors (Lipinski definition) is 0. The quantitative estimate of drug-likeness (QED) is 0.729. The van der Waals surface area contributed by atoms with E-state index in [4.69, 9.17) is 9.47 Å². The average molecular weight is 370 g/mol. The van der Waals surface area contributed by atoms with Crippen molar-refractivity contribution in [1.29, 1.82) is 0 Å². The standard InChI is InChI=1S/C21H23FN2O3/c1-4-24-19-10-9-15(14(2)27-13-26-3)11-17(19)21(23-12-20(24)25)16-7-5-6-8-18(16)22/h5-11,14H,4,12-13H2,1-3H3. The highest BCUT2D eigenvalue weighted by Gasteiger charge is 2.26. The minimum Gasteiger partial charge on any atom is -0.359 e. The SMILES string of the molecule is CCN1C(=O)CN=C(c2ccccc2F)c2cc(C(C)OCOC)ccc21. The maximum Gasteiger partial charge on any atom is 0.248 e. The van der Waals surface area contributed by atoms with E-state index in [1.807, 2.05) is 32.0 Å². The third kappa shape index (κ3) is 3.91. The third-order valence-corrected chi connectivity index (χ3v) is 4.59. The highest BCUT2D eigenvalue weighted by atomic mass is 19.1. The number of amides is 1. The summed E-state index contributed by atoms with van der Waals surface area (Å²) in [5.41, 5.74) is 3.21. The lowest BCUT2D eigenvalue weighted by molar-refractivity contribution is -0.117. The Hall–Kier alpha value is -2.57. The third-order valence-electron chi connectivity index (χ3n) is 4.59. The topological polar surface area (TPSA) is 51.1 Å². The zero-order valence-electron chi connectivity index (χ0n) is 15.7. The smallest absolute Gasteiger partial charge is 0.248 e. The van der Waals surface area contributed by atoms with Crippen molar-refractivity contribution in [1.82, 2.24) is 0 Å². The number of benzene rings is 2. The van der Waals surface area contributed by atoms with Crippen LogP contribution in [0.25, 0.3) is 0 Å². The first kappa shape index (κ1) is 19.2. The molecule has 0 saturated heterocycles. The second-order valence-electron chi connectivity index (χ2n) is 6.27. The highest BCUT2D eigenvalue weighted by Crippen LogP contribution is 2.31. The van der Waals surface area contributed by atoms with Crippen LogP contribution in [-0.2, 0) is 14.3 Å². The van der Waals surface area contributed by atoms with Crippen LogP contribution in [0, 0.1) is 5.82 Å². The molecule has 1 aliphatic rings. The van der Waals surface area contributed by atoms with E-state index in [0.29, 0.717) is 17.8 Å². The second-order valence-corrected chi connectivity index (χ2v) is 6.27. The summed E-state index contributed by atoms with van der Waals surface area (Å²) in [5, 5.41) is 0. The van der Waals surface area contributed by atoms with E-state index < -0.39 is 0 Å². The number of anilines is 1. The first-order valence-electron chi connectivity index (χ1n) is 8.91. The Balaban J connectivity index is 2.14. The Labute approximate surface area is 158 Å². The molecule has 1 amide bonds. The summed E-state index contributed by atoms with van der Waals surface area (Å²) in [6, 6.07) is 12.2. The Morgan fingerprint density at radius 2 is 2.00 bits per heavy atom. The molecule has 2 aromatic rings. The molecule has 0 radical (unpaired) electrons. The van der Waals surface area contributed by atoms with Gasteiger partial charge in [0.25, 0.3) is 0 Å². The monoisotopic (exact) mass is 370 g/mol. The maximum absolute atomic E-state index is 14.5. The van der Waals surface area contributed by atoms with Gasteiger partial charge < -0.3 is 14.4 Å². The molecule has 0 N–H and O–H groups in total. The van der Waals surface area contributed by atoms with Crippen LogP contribution in [0.5, 0.6) is 0 Å². The van der Waals surface area contributed by atoms with Gasteiger partial charge in [-0.15, -0.1) is 0 Å². The number of ether oxygens (including phenoxy) is 2. The minimum atomic E-state index is -0.367. The van der Waals surface area contributed by atoms with Crippen LogP contribution < -0.4 is 4.90 Å². The van der Waals surface area contributed by atoms with Crippen LogP contribution in [0.3, 0.4) is 0 Å². The van der Waals surface area contributed by atoms with Gasteiger partial charge in [-0.2, -0.15) is 0 Å². The van der Waals surface area contributed by atoms with Crippen LogP contribution in [0.2, 0.25) is 0 Å². The van der Waals surface area contributed by atoms with Crippen molar-refractivity contribution in [2.24, 2.45) is 4.99 Å². The van der Waals surface area contributed by atoms with Crippen molar-refractivity contribution < 1.29 is 18.7 Å². The Morgan fingerprint density at radius 3 is 2.70 bits per heavy atom. The summed E-state index contributed by atoms with van der Waals surface area (Å²) in [6.45, 7) is 4.50. The summed E-state index contributed by atoms with van der Waals surface area (Å²) >= 11 is 0. The summed E-state index contributed by atoms with van der Waals surface area (Å²) in [7, 11) is 1.57. The number of rotatable bonds is 6. The molecular formula is C21H23FN2O3. The molecule has 1 atom stereocenters. The van der Waals surface area contributed by atoms with E-state index in [1.165, 1.54) is 6.07 Å². The number of halogens is 1. The minimum absolute atomic E-state index is 0.0166. The number of carbonyl (C=O) groups excluding carboxylic acids is 1. The second kappa shape index (κ2) is 8.41. The zero-order valence-corrected chi connectivity index (χ0v) is 15.7. The summed E-state index contributed by atoms with van der Waals surface area (Å²) < 4.78 is 25.1. The van der Waals surface area contributed by atoms with E-state index in [-0.39, 0.29) is 31.2 Å². The van der Waals surface area contributed by atoms with E-state index in [9.17, 15) is 9.18 Å². The van der Waals surface area contributed by atoms with Gasteiger partial charge >= 0.3 is 0 Å². The maximum atomic E-state index is 14.5. The lowest BCUT2D eigenvalue weighted by Gasteiger charge is -2.23. The number of nitrogens with zero attached hydrogens (tertiary/aromatic N) is 2. The van der Waals surface area contributed by atoms with Gasteiger partial charge in [0.2, 0.25) is 5.91 Å². The zero-order chi connectivity index (χ0) is 19.4. The molecule has 27 heavy (non-hydrogen) atoms. The molecule has 0 aliphatic carbocycles. The molecule has 0 fully saturated rings. The fourth-order valence-corrected chi connectivity index (χ4v) is 3.18. The van der Waals surface area contributed by atoms with Crippen molar-refractivity contribution in [2.75, 3.05) is 31.9 Å². The van der Waals surface area contributed by atoms with Crippen molar-refractivity contribution in [2.45, 2.75) is 20.0 Å². The number of likely N-dealkylation sites (N-methyl/N-ethyl adjacent to an activating group) is 1. The van der Waals surface area contributed by atoms with Gasteiger partial charge in [0.15, 0.2) is 0 Å². The average Bonchev–Trinajstić information content (AvgIpc) is 2.82. The number of methoxy groups -OCH3 is 1. The number of carbonyl (C=O) groups is 1. The number of hydrogen-bond acceptors (Lipinski definition) is 4. The Morgan fingerprint density at radius 1 is 1.22 bits per heavy atom. The molecule has 1 aliphatic heterocycles. The largest absolute Gasteiger partial charge is 0.359 e. The first-order valence-corrected chi connectivity index (χ1v) is 8.91. The van der Waals surface area contributed by atoms with Crippen molar-refractivity contribution in [3.05, 3.63) is 65.0 Å². The van der Waals surface area contributed by atoms with Gasteiger partial charge in [-0.25, -0.2) is 4.39 Å². The van der Waals surface area contributed by atoms with Crippen LogP contribution >= 0.6 is 0 Å². The molecule has 3 rings (SSSR count). The first-order chi connectivity index (χ1) is 13.1. The van der Waals surface area contributed by atoms with Gasteiger partial charge in [0, 0.05) is 24.8 Å². The Bertz CT molecular complexity index is 866. The van der Waals surface area contributed by atoms with Crippen molar-refractivity contribution >= 4 is 17.3 Å². The molecule has 0 aromatic heterocycles. The van der Waals surface area contributed by atoms with Crippen molar-refractivity contribution in [3.8, 4) is 0 Å². The molecule has 1 unspecified atom stereocenters. The normalized spacial score (nSPS) is 15.2. The van der Waals surface area contributed by atoms with E-state index >= 15 is 0 Å². The van der Waals surface area contributed by atoms with Crippen LogP contribution in [-0.4, -0.2) is 38.6 Å². The Kier molecular flexibility index (Phi) is 5.98. The van der Waals surface area contributed by atoms with E-state index in [2.05, 4.69) is 4.99 Å². The predicted octanol–water partition coefficient (Wildman–Crippen LogP) is 3.71. The number of fused-ring (bicyclic) bond motifs is 1.